The van der Waals surface area contributed by atoms with E-state index >= 15 is 0 Å². The molecular weight excluding hydrogens is 296 g/mol. The molecule has 0 bridgehead atoms. The van der Waals surface area contributed by atoms with Crippen molar-refractivity contribution in [2.75, 3.05) is 0 Å². The van der Waals surface area contributed by atoms with Crippen molar-refractivity contribution >= 4 is 22.1 Å². The SMILES string of the molecule is O=C(O)/C=C/c1cccc(S(=O)(=O)NCc2ccon2)c1. The minimum Gasteiger partial charge on any atom is -0.478 e. The minimum atomic E-state index is -3.71. The monoisotopic (exact) mass is 308 g/mol. The fourth-order valence-corrected chi connectivity index (χ4v) is 2.59. The first-order valence-electron chi connectivity index (χ1n) is 5.87. The molecular formula is C13H12N2O5S. The van der Waals surface area contributed by atoms with E-state index in [0.717, 1.165) is 6.08 Å². The van der Waals surface area contributed by atoms with Crippen molar-refractivity contribution in [3.05, 3.63) is 53.9 Å². The van der Waals surface area contributed by atoms with Gasteiger partial charge in [-0.3, -0.25) is 0 Å². The number of carboxylic acid groups (broad SMARTS) is 1. The molecule has 7 nitrogen and oxygen atoms in total. The molecule has 21 heavy (non-hydrogen) atoms. The standard InChI is InChI=1S/C13H12N2O5S/c16-13(17)5-4-10-2-1-3-12(8-10)21(18,19)14-9-11-6-7-20-15-11/h1-8,14H,9H2,(H,16,17)/b5-4+. The highest BCUT2D eigenvalue weighted by atomic mass is 32.2. The van der Waals surface area contributed by atoms with E-state index in [1.807, 2.05) is 0 Å². The molecule has 0 amide bonds. The Morgan fingerprint density at radius 3 is 2.86 bits per heavy atom. The van der Waals surface area contributed by atoms with Gasteiger partial charge in [0.2, 0.25) is 10.0 Å². The summed E-state index contributed by atoms with van der Waals surface area (Å²) in [5, 5.41) is 12.2. The highest BCUT2D eigenvalue weighted by Gasteiger charge is 2.14. The van der Waals surface area contributed by atoms with Gasteiger partial charge in [0.25, 0.3) is 0 Å². The second-order valence-electron chi connectivity index (χ2n) is 4.06. The van der Waals surface area contributed by atoms with Gasteiger partial charge in [-0.2, -0.15) is 0 Å². The van der Waals surface area contributed by atoms with Crippen LogP contribution in [-0.4, -0.2) is 24.7 Å². The average molecular weight is 308 g/mol. The van der Waals surface area contributed by atoms with Crippen LogP contribution in [0.15, 0.2) is 52.1 Å². The number of nitrogens with one attached hydrogen (secondary N) is 1. The summed E-state index contributed by atoms with van der Waals surface area (Å²) < 4.78 is 31.2. The van der Waals surface area contributed by atoms with Crippen molar-refractivity contribution in [3.8, 4) is 0 Å². The number of rotatable bonds is 6. The Morgan fingerprint density at radius 1 is 1.38 bits per heavy atom. The molecule has 0 unspecified atom stereocenters. The summed E-state index contributed by atoms with van der Waals surface area (Å²) >= 11 is 0. The van der Waals surface area contributed by atoms with E-state index < -0.39 is 16.0 Å². The molecule has 2 N–H and O–H groups in total. The maximum Gasteiger partial charge on any atom is 0.328 e. The average Bonchev–Trinajstić information content (AvgIpc) is 2.97. The first kappa shape index (κ1) is 14.9. The third-order valence-electron chi connectivity index (χ3n) is 2.52. The van der Waals surface area contributed by atoms with Gasteiger partial charge in [-0.15, -0.1) is 0 Å². The molecule has 0 aliphatic carbocycles. The van der Waals surface area contributed by atoms with Crippen molar-refractivity contribution in [2.24, 2.45) is 0 Å². The molecule has 0 atom stereocenters. The van der Waals surface area contributed by atoms with Gasteiger partial charge in [-0.25, -0.2) is 17.9 Å². The topological polar surface area (TPSA) is 110 Å². The van der Waals surface area contributed by atoms with Gasteiger partial charge >= 0.3 is 5.97 Å². The summed E-state index contributed by atoms with van der Waals surface area (Å²) in [4.78, 5) is 10.5. The van der Waals surface area contributed by atoms with E-state index in [1.165, 1.54) is 30.5 Å². The summed E-state index contributed by atoms with van der Waals surface area (Å²) in [6.07, 6.45) is 3.61. The largest absolute Gasteiger partial charge is 0.478 e. The molecule has 0 saturated heterocycles. The van der Waals surface area contributed by atoms with E-state index in [0.29, 0.717) is 11.3 Å². The first-order valence-corrected chi connectivity index (χ1v) is 7.36. The fourth-order valence-electron chi connectivity index (χ4n) is 1.53. The molecule has 0 saturated carbocycles. The van der Waals surface area contributed by atoms with E-state index in [9.17, 15) is 13.2 Å². The summed E-state index contributed by atoms with van der Waals surface area (Å²) in [6.45, 7) is 0.00796. The van der Waals surface area contributed by atoms with Gasteiger partial charge in [0.15, 0.2) is 0 Å². The van der Waals surface area contributed by atoms with Gasteiger partial charge in [0, 0.05) is 12.1 Å². The predicted molar refractivity (Wildman–Crippen MR) is 73.6 cm³/mol. The molecule has 1 aromatic carbocycles. The number of hydrogen-bond donors (Lipinski definition) is 2. The zero-order valence-corrected chi connectivity index (χ0v) is 11.6. The Kier molecular flexibility index (Phi) is 4.51. The second kappa shape index (κ2) is 6.33. The number of carbonyl (C=O) groups is 1. The zero-order chi connectivity index (χ0) is 15.3. The summed E-state index contributed by atoms with van der Waals surface area (Å²) in [5.41, 5.74) is 0.933. The molecule has 1 heterocycles. The molecule has 0 spiro atoms. The van der Waals surface area contributed by atoms with Crippen molar-refractivity contribution in [2.45, 2.75) is 11.4 Å². The van der Waals surface area contributed by atoms with Gasteiger partial charge in [-0.1, -0.05) is 17.3 Å². The Balaban J connectivity index is 2.16. The molecule has 2 aromatic rings. The van der Waals surface area contributed by atoms with Crippen LogP contribution in [0.5, 0.6) is 0 Å². The first-order chi connectivity index (χ1) is 9.97. The van der Waals surface area contributed by atoms with Crippen LogP contribution in [0.25, 0.3) is 6.08 Å². The number of benzene rings is 1. The lowest BCUT2D eigenvalue weighted by molar-refractivity contribution is -0.131. The highest BCUT2D eigenvalue weighted by Crippen LogP contribution is 2.13. The Labute approximate surface area is 120 Å². The molecule has 0 aliphatic heterocycles. The normalized spacial score (nSPS) is 11.8. The zero-order valence-electron chi connectivity index (χ0n) is 10.8. The Bertz CT molecular complexity index is 751. The lowest BCUT2D eigenvalue weighted by atomic mass is 10.2. The second-order valence-corrected chi connectivity index (χ2v) is 5.83. The minimum absolute atomic E-state index is 0.00796. The number of nitrogens with zero attached hydrogens (tertiary/aromatic N) is 1. The van der Waals surface area contributed by atoms with Gasteiger partial charge in [-0.05, 0) is 23.8 Å². The molecule has 0 fully saturated rings. The van der Waals surface area contributed by atoms with Crippen molar-refractivity contribution in [1.82, 2.24) is 9.88 Å². The summed E-state index contributed by atoms with van der Waals surface area (Å²) in [7, 11) is -3.71. The van der Waals surface area contributed by atoms with Crippen LogP contribution >= 0.6 is 0 Å². The number of carboxylic acids is 1. The highest BCUT2D eigenvalue weighted by molar-refractivity contribution is 7.89. The number of sulfonamides is 1. The van der Waals surface area contributed by atoms with Crippen LogP contribution in [0, 0.1) is 0 Å². The summed E-state index contributed by atoms with van der Waals surface area (Å²) in [6, 6.07) is 7.49. The van der Waals surface area contributed by atoms with Crippen LogP contribution in [-0.2, 0) is 21.4 Å². The Hall–Kier alpha value is -2.45. The van der Waals surface area contributed by atoms with E-state index in [4.69, 9.17) is 5.11 Å². The Morgan fingerprint density at radius 2 is 2.19 bits per heavy atom. The molecule has 110 valence electrons. The van der Waals surface area contributed by atoms with Gasteiger partial charge < -0.3 is 9.63 Å². The van der Waals surface area contributed by atoms with Crippen molar-refractivity contribution in [3.63, 3.8) is 0 Å². The molecule has 8 heteroatoms. The van der Waals surface area contributed by atoms with Gasteiger partial charge in [0.05, 0.1) is 17.1 Å². The van der Waals surface area contributed by atoms with E-state index in [1.54, 1.807) is 12.1 Å². The van der Waals surface area contributed by atoms with E-state index in [-0.39, 0.29) is 11.4 Å². The number of hydrogen-bond acceptors (Lipinski definition) is 5. The third kappa shape index (κ3) is 4.26. The molecule has 2 rings (SSSR count). The maximum atomic E-state index is 12.1. The fraction of sp³-hybridized carbons (Fsp3) is 0.0769. The lowest BCUT2D eigenvalue weighted by Gasteiger charge is -2.05. The van der Waals surface area contributed by atoms with Crippen molar-refractivity contribution in [1.29, 1.82) is 0 Å². The third-order valence-corrected chi connectivity index (χ3v) is 3.92. The maximum absolute atomic E-state index is 12.1. The lowest BCUT2D eigenvalue weighted by Crippen LogP contribution is -2.23. The molecule has 0 aliphatic rings. The van der Waals surface area contributed by atoms with Crippen LogP contribution < -0.4 is 4.72 Å². The smallest absolute Gasteiger partial charge is 0.328 e. The molecule has 0 radical (unpaired) electrons. The van der Waals surface area contributed by atoms with Crippen LogP contribution in [0.2, 0.25) is 0 Å². The summed E-state index contributed by atoms with van der Waals surface area (Å²) in [5.74, 6) is -1.10. The van der Waals surface area contributed by atoms with Gasteiger partial charge in [0.1, 0.15) is 6.26 Å². The number of aliphatic carboxylic acids is 1. The quantitative estimate of drug-likeness (QED) is 0.777. The van der Waals surface area contributed by atoms with Crippen LogP contribution in [0.3, 0.4) is 0 Å². The van der Waals surface area contributed by atoms with Crippen molar-refractivity contribution < 1.29 is 22.8 Å². The predicted octanol–water partition coefficient (Wildman–Crippen LogP) is 1.25. The number of aromatic nitrogens is 1. The van der Waals surface area contributed by atoms with E-state index in [2.05, 4.69) is 14.4 Å². The van der Waals surface area contributed by atoms with Crippen LogP contribution in [0.4, 0.5) is 0 Å². The molecule has 1 aromatic heterocycles. The van der Waals surface area contributed by atoms with Crippen LogP contribution in [0.1, 0.15) is 11.3 Å².